The number of hydrogen-bond acceptors (Lipinski definition) is 4. The van der Waals surface area contributed by atoms with Crippen molar-refractivity contribution in [2.24, 2.45) is 0 Å². The van der Waals surface area contributed by atoms with E-state index in [0.29, 0.717) is 18.3 Å². The van der Waals surface area contributed by atoms with Gasteiger partial charge in [0.1, 0.15) is 24.7 Å². The second kappa shape index (κ2) is 13.3. The monoisotopic (exact) mass is 525 g/mol. The minimum absolute atomic E-state index is 0.488. The van der Waals surface area contributed by atoms with E-state index in [9.17, 15) is 0 Å². The van der Waals surface area contributed by atoms with E-state index in [1.165, 1.54) is 37.9 Å². The molecule has 1 saturated heterocycles. The van der Waals surface area contributed by atoms with Crippen LogP contribution in [0.15, 0.2) is 91.0 Å². The van der Waals surface area contributed by atoms with Gasteiger partial charge in [-0.05, 0) is 73.5 Å². The van der Waals surface area contributed by atoms with Crippen LogP contribution in [0.4, 0.5) is 5.69 Å². The topological polar surface area (TPSA) is 45.8 Å². The summed E-state index contributed by atoms with van der Waals surface area (Å²) in [5.41, 5.74) is 3.23. The molecule has 38 heavy (non-hydrogen) atoms. The highest BCUT2D eigenvalue weighted by atomic mass is 32.1. The molecule has 0 aromatic heterocycles. The fraction of sp³-hybridized carbons (Fsp3) is 0.281. The predicted molar refractivity (Wildman–Crippen MR) is 160 cm³/mol. The van der Waals surface area contributed by atoms with Crippen LogP contribution in [0.3, 0.4) is 0 Å². The van der Waals surface area contributed by atoms with Crippen LogP contribution in [-0.4, -0.2) is 36.3 Å². The molecule has 0 unspecified atom stereocenters. The van der Waals surface area contributed by atoms with Crippen molar-refractivity contribution in [3.05, 3.63) is 102 Å². The standard InChI is InChI=1S/C32H35N3O2S/c38-32(33-23-25-9-3-1-4-10-25)34-30-17-18-31(29-12-6-5-11-28(29)30)37-24-26-13-15-27(16-14-26)36-22-21-35-19-7-2-8-20-35/h1,3-6,9-18H,2,7-8,19-24H2,(H2,33,34,38). The first-order valence-electron chi connectivity index (χ1n) is 13.4. The Morgan fingerprint density at radius 3 is 2.26 bits per heavy atom. The number of rotatable bonds is 10. The van der Waals surface area contributed by atoms with Crippen molar-refractivity contribution in [3.8, 4) is 11.5 Å². The first-order valence-corrected chi connectivity index (χ1v) is 13.8. The third-order valence-electron chi connectivity index (χ3n) is 6.87. The molecule has 5 rings (SSSR count). The van der Waals surface area contributed by atoms with Gasteiger partial charge in [-0.1, -0.05) is 73.2 Å². The van der Waals surface area contributed by atoms with Crippen LogP contribution >= 0.6 is 12.2 Å². The van der Waals surface area contributed by atoms with Crippen molar-refractivity contribution >= 4 is 33.8 Å². The number of ether oxygens (including phenoxy) is 2. The van der Waals surface area contributed by atoms with Gasteiger partial charge in [0, 0.05) is 29.5 Å². The summed E-state index contributed by atoms with van der Waals surface area (Å²) in [6, 6.07) is 30.7. The van der Waals surface area contributed by atoms with Crippen LogP contribution in [0, 0.1) is 0 Å². The van der Waals surface area contributed by atoms with Gasteiger partial charge in [-0.25, -0.2) is 0 Å². The lowest BCUT2D eigenvalue weighted by Gasteiger charge is -2.26. The summed E-state index contributed by atoms with van der Waals surface area (Å²) in [7, 11) is 0. The number of benzene rings is 4. The lowest BCUT2D eigenvalue weighted by Crippen LogP contribution is -2.33. The highest BCUT2D eigenvalue weighted by Crippen LogP contribution is 2.32. The number of piperidine rings is 1. The molecule has 2 N–H and O–H groups in total. The average molecular weight is 526 g/mol. The zero-order chi connectivity index (χ0) is 26.0. The van der Waals surface area contributed by atoms with Crippen molar-refractivity contribution in [2.75, 3.05) is 31.6 Å². The molecule has 0 radical (unpaired) electrons. The van der Waals surface area contributed by atoms with Crippen molar-refractivity contribution < 1.29 is 9.47 Å². The maximum atomic E-state index is 6.25. The number of likely N-dealkylation sites (tertiary alicyclic amines) is 1. The van der Waals surface area contributed by atoms with E-state index in [1.54, 1.807) is 0 Å². The van der Waals surface area contributed by atoms with Crippen LogP contribution in [0.5, 0.6) is 11.5 Å². The Kier molecular flexibility index (Phi) is 9.08. The van der Waals surface area contributed by atoms with Gasteiger partial charge in [-0.2, -0.15) is 0 Å². The molecule has 0 saturated carbocycles. The van der Waals surface area contributed by atoms with E-state index in [0.717, 1.165) is 46.7 Å². The number of anilines is 1. The molecule has 1 aliphatic rings. The van der Waals surface area contributed by atoms with Gasteiger partial charge in [0.05, 0.1) is 0 Å². The molecule has 0 bridgehead atoms. The fourth-order valence-electron chi connectivity index (χ4n) is 4.77. The lowest BCUT2D eigenvalue weighted by molar-refractivity contribution is 0.183. The summed E-state index contributed by atoms with van der Waals surface area (Å²) < 4.78 is 12.2. The van der Waals surface area contributed by atoms with Gasteiger partial charge in [-0.15, -0.1) is 0 Å². The predicted octanol–water partition coefficient (Wildman–Crippen LogP) is 6.77. The zero-order valence-electron chi connectivity index (χ0n) is 21.7. The van der Waals surface area contributed by atoms with Gasteiger partial charge >= 0.3 is 0 Å². The van der Waals surface area contributed by atoms with Gasteiger partial charge < -0.3 is 20.1 Å². The quantitative estimate of drug-likeness (QED) is 0.223. The summed E-state index contributed by atoms with van der Waals surface area (Å²) in [4.78, 5) is 2.49. The van der Waals surface area contributed by atoms with Crippen molar-refractivity contribution in [2.45, 2.75) is 32.4 Å². The van der Waals surface area contributed by atoms with Crippen LogP contribution in [0.2, 0.25) is 0 Å². The van der Waals surface area contributed by atoms with Crippen LogP contribution in [0.25, 0.3) is 10.8 Å². The molecule has 1 heterocycles. The Bertz CT molecular complexity index is 1320. The molecule has 5 nitrogen and oxygen atoms in total. The third-order valence-corrected chi connectivity index (χ3v) is 7.12. The molecule has 196 valence electrons. The van der Waals surface area contributed by atoms with E-state index < -0.39 is 0 Å². The fourth-order valence-corrected chi connectivity index (χ4v) is 4.95. The summed E-state index contributed by atoms with van der Waals surface area (Å²) in [6.45, 7) is 5.28. The SMILES string of the molecule is S=C(NCc1ccccc1)Nc1ccc(OCc2ccc(OCCN3CCCCC3)cc2)c2ccccc12. The first-order chi connectivity index (χ1) is 18.7. The molecular weight excluding hydrogens is 490 g/mol. The molecule has 0 atom stereocenters. The molecule has 0 aliphatic carbocycles. The Morgan fingerprint density at radius 1 is 0.737 bits per heavy atom. The summed E-state index contributed by atoms with van der Waals surface area (Å²) in [6.07, 6.45) is 3.98. The third kappa shape index (κ3) is 7.24. The summed E-state index contributed by atoms with van der Waals surface area (Å²) in [5.74, 6) is 1.75. The molecular formula is C32H35N3O2S. The number of fused-ring (bicyclic) bond motifs is 1. The number of hydrogen-bond donors (Lipinski definition) is 2. The Hall–Kier alpha value is -3.61. The van der Waals surface area contributed by atoms with Gasteiger partial charge in [0.15, 0.2) is 5.11 Å². The van der Waals surface area contributed by atoms with Crippen LogP contribution in [0.1, 0.15) is 30.4 Å². The maximum absolute atomic E-state index is 6.25. The number of nitrogens with zero attached hydrogens (tertiary/aromatic N) is 1. The van der Waals surface area contributed by atoms with E-state index >= 15 is 0 Å². The zero-order valence-corrected chi connectivity index (χ0v) is 22.5. The molecule has 1 aliphatic heterocycles. The second-order valence-electron chi connectivity index (χ2n) is 9.63. The van der Waals surface area contributed by atoms with Gasteiger partial charge in [-0.3, -0.25) is 4.90 Å². The first kappa shape index (κ1) is 26.0. The smallest absolute Gasteiger partial charge is 0.171 e. The van der Waals surface area contributed by atoms with Gasteiger partial charge in [0.2, 0.25) is 0 Å². The van der Waals surface area contributed by atoms with Crippen LogP contribution < -0.4 is 20.1 Å². The number of thiocarbonyl (C=S) groups is 1. The van der Waals surface area contributed by atoms with Crippen LogP contribution in [-0.2, 0) is 13.2 Å². The van der Waals surface area contributed by atoms with E-state index in [4.69, 9.17) is 21.7 Å². The Balaban J connectivity index is 1.15. The van der Waals surface area contributed by atoms with E-state index in [1.807, 2.05) is 54.6 Å². The maximum Gasteiger partial charge on any atom is 0.171 e. The average Bonchev–Trinajstić information content (AvgIpc) is 2.97. The Labute approximate surface area is 230 Å². The van der Waals surface area contributed by atoms with Crippen molar-refractivity contribution in [3.63, 3.8) is 0 Å². The molecule has 4 aromatic rings. The highest BCUT2D eigenvalue weighted by Gasteiger charge is 2.10. The summed E-state index contributed by atoms with van der Waals surface area (Å²) >= 11 is 5.55. The largest absolute Gasteiger partial charge is 0.492 e. The summed E-state index contributed by atoms with van der Waals surface area (Å²) in [5, 5.41) is 9.32. The molecule has 0 amide bonds. The lowest BCUT2D eigenvalue weighted by atomic mass is 10.1. The van der Waals surface area contributed by atoms with E-state index in [-0.39, 0.29) is 0 Å². The number of nitrogens with one attached hydrogen (secondary N) is 2. The minimum atomic E-state index is 0.488. The molecule has 1 fully saturated rings. The Morgan fingerprint density at radius 2 is 1.47 bits per heavy atom. The van der Waals surface area contributed by atoms with Crippen molar-refractivity contribution in [1.82, 2.24) is 10.2 Å². The molecule has 4 aromatic carbocycles. The van der Waals surface area contributed by atoms with Gasteiger partial charge in [0.25, 0.3) is 0 Å². The second-order valence-corrected chi connectivity index (χ2v) is 10.0. The van der Waals surface area contributed by atoms with Crippen molar-refractivity contribution in [1.29, 1.82) is 0 Å². The van der Waals surface area contributed by atoms with E-state index in [2.05, 4.69) is 51.9 Å². The molecule has 6 heteroatoms. The minimum Gasteiger partial charge on any atom is -0.492 e. The molecule has 0 spiro atoms. The highest BCUT2D eigenvalue weighted by molar-refractivity contribution is 7.80. The normalized spacial score (nSPS) is 13.7.